The molecule has 1 saturated carbocycles. The minimum atomic E-state index is -0.508. The molecule has 1 aliphatic rings. The Kier molecular flexibility index (Phi) is 9.16. The molecule has 1 fully saturated rings. The first-order valence-electron chi connectivity index (χ1n) is 14.1. The summed E-state index contributed by atoms with van der Waals surface area (Å²) < 4.78 is 16.6. The fraction of sp³-hybridized carbons (Fsp3) is 0.387. The van der Waals surface area contributed by atoms with Gasteiger partial charge in [0, 0.05) is 28.9 Å². The fourth-order valence-electron chi connectivity index (χ4n) is 5.82. The molecule has 0 aliphatic heterocycles. The molecule has 7 nitrogen and oxygen atoms in total. The maximum absolute atomic E-state index is 15.1. The first-order chi connectivity index (χ1) is 19.7. The van der Waals surface area contributed by atoms with Crippen molar-refractivity contribution >= 4 is 39.6 Å². The molecule has 0 bridgehead atoms. The van der Waals surface area contributed by atoms with Crippen LogP contribution < -0.4 is 17.2 Å². The maximum Gasteiger partial charge on any atom is 0.354 e. The number of nitrogens with two attached hydrogens (primary N) is 2. The summed E-state index contributed by atoms with van der Waals surface area (Å²) in [5, 5.41) is 8.32. The summed E-state index contributed by atoms with van der Waals surface area (Å²) in [4.78, 5) is 20.3. The second kappa shape index (κ2) is 12.8. The van der Waals surface area contributed by atoms with Crippen molar-refractivity contribution in [3.05, 3.63) is 81.1 Å². The van der Waals surface area contributed by atoms with Gasteiger partial charge in [-0.25, -0.2) is 9.18 Å². The van der Waals surface area contributed by atoms with Crippen LogP contribution in [-0.2, 0) is 6.42 Å². The monoisotopic (exact) mass is 594 g/mol. The Labute approximate surface area is 248 Å². The summed E-state index contributed by atoms with van der Waals surface area (Å²) >= 11 is 7.66. The Morgan fingerprint density at radius 1 is 1.27 bits per heavy atom. The number of amidine groups is 1. The quantitative estimate of drug-likeness (QED) is 0.119. The third-order valence-corrected chi connectivity index (χ3v) is 9.00. The van der Waals surface area contributed by atoms with Gasteiger partial charge in [-0.3, -0.25) is 9.98 Å². The molecule has 3 atom stereocenters. The zero-order valence-electron chi connectivity index (χ0n) is 23.1. The second-order valence-electron chi connectivity index (χ2n) is 11.2. The van der Waals surface area contributed by atoms with Gasteiger partial charge in [0.1, 0.15) is 5.65 Å². The van der Waals surface area contributed by atoms with Crippen molar-refractivity contribution in [2.45, 2.75) is 63.8 Å². The molecule has 0 radical (unpaired) electrons. The Hall–Kier alpha value is -3.14. The number of hydrogen-bond donors (Lipinski definition) is 4. The number of halogens is 2. The van der Waals surface area contributed by atoms with Crippen molar-refractivity contribution in [1.29, 1.82) is 5.41 Å². The summed E-state index contributed by atoms with van der Waals surface area (Å²) in [6.07, 6.45) is 8.77. The van der Waals surface area contributed by atoms with E-state index in [1.165, 1.54) is 28.3 Å². The molecule has 4 aromatic rings. The van der Waals surface area contributed by atoms with Crippen molar-refractivity contribution < 1.29 is 4.39 Å². The molecule has 2 heterocycles. The molecule has 2 aromatic heterocycles. The topological polar surface area (TPSA) is 127 Å². The summed E-state index contributed by atoms with van der Waals surface area (Å²) in [5.74, 6) is 1.53. The van der Waals surface area contributed by atoms with Crippen LogP contribution in [0.1, 0.15) is 62.5 Å². The van der Waals surface area contributed by atoms with Crippen molar-refractivity contribution in [3.8, 4) is 16.9 Å². The van der Waals surface area contributed by atoms with Crippen LogP contribution in [0.25, 0.3) is 28.0 Å². The van der Waals surface area contributed by atoms with Crippen LogP contribution in [0.4, 0.5) is 4.39 Å². The molecule has 0 amide bonds. The smallest absolute Gasteiger partial charge is 0.354 e. The van der Waals surface area contributed by atoms with Gasteiger partial charge in [0.25, 0.3) is 0 Å². The van der Waals surface area contributed by atoms with Crippen LogP contribution >= 0.6 is 23.4 Å². The normalized spacial score (nSPS) is 17.8. The van der Waals surface area contributed by atoms with Gasteiger partial charge in [0.05, 0.1) is 16.4 Å². The molecule has 0 saturated heterocycles. The third-order valence-electron chi connectivity index (χ3n) is 7.98. The molecule has 0 unspecified atom stereocenters. The Bertz CT molecular complexity index is 1600. The zero-order valence-corrected chi connectivity index (χ0v) is 24.7. The van der Waals surface area contributed by atoms with Gasteiger partial charge in [0.15, 0.2) is 11.0 Å². The maximum atomic E-state index is 15.1. The third kappa shape index (κ3) is 7.02. The van der Waals surface area contributed by atoms with Crippen LogP contribution in [0.15, 0.2) is 53.5 Å². The molecule has 2 aromatic carbocycles. The fourth-order valence-corrected chi connectivity index (χ4v) is 6.73. The number of H-pyrrole nitrogens is 1. The minimum Gasteiger partial charge on any atom is -0.379 e. The van der Waals surface area contributed by atoms with E-state index in [0.717, 1.165) is 55.5 Å². The number of nitrogens with one attached hydrogen (secondary N) is 2. The van der Waals surface area contributed by atoms with Gasteiger partial charge >= 0.3 is 5.69 Å². The van der Waals surface area contributed by atoms with Gasteiger partial charge in [-0.15, -0.1) is 0 Å². The van der Waals surface area contributed by atoms with Crippen LogP contribution in [0.2, 0.25) is 5.02 Å². The average molecular weight is 595 g/mol. The molecule has 5 rings (SSSR count). The van der Waals surface area contributed by atoms with Crippen LogP contribution in [0, 0.1) is 17.1 Å². The summed E-state index contributed by atoms with van der Waals surface area (Å²) in [7, 11) is 0. The summed E-state index contributed by atoms with van der Waals surface area (Å²) in [5.41, 5.74) is 15.1. The number of aryl methyl sites for hydroxylation is 1. The molecular formula is C31H36ClFN6OS. The lowest BCUT2D eigenvalue weighted by Gasteiger charge is -2.13. The highest BCUT2D eigenvalue weighted by Crippen LogP contribution is 2.40. The lowest BCUT2D eigenvalue weighted by molar-refractivity contribution is 0.526. The Balaban J connectivity index is 1.34. The molecule has 1 aliphatic carbocycles. The molecular weight excluding hydrogens is 559 g/mol. The highest BCUT2D eigenvalue weighted by molar-refractivity contribution is 8.13. The number of nitrogens with zero attached hydrogens (tertiary/aromatic N) is 2. The van der Waals surface area contributed by atoms with E-state index in [-0.39, 0.29) is 16.2 Å². The summed E-state index contributed by atoms with van der Waals surface area (Å²) in [6.45, 7) is 1.97. The molecule has 216 valence electrons. The number of benzene rings is 2. The van der Waals surface area contributed by atoms with E-state index < -0.39 is 11.5 Å². The lowest BCUT2D eigenvalue weighted by Crippen LogP contribution is -2.20. The summed E-state index contributed by atoms with van der Waals surface area (Å²) in [6, 6.07) is 13.5. The van der Waals surface area contributed by atoms with E-state index in [1.807, 2.05) is 19.1 Å². The average Bonchev–Trinajstić information content (AvgIpc) is 3.57. The Morgan fingerprint density at radius 3 is 2.78 bits per heavy atom. The van der Waals surface area contributed by atoms with E-state index in [2.05, 4.69) is 22.1 Å². The Morgan fingerprint density at radius 2 is 2.05 bits per heavy atom. The van der Waals surface area contributed by atoms with Crippen molar-refractivity contribution in [2.75, 3.05) is 5.75 Å². The number of rotatable bonds is 10. The molecule has 0 spiro atoms. The molecule has 6 N–H and O–H groups in total. The van der Waals surface area contributed by atoms with Crippen molar-refractivity contribution in [2.24, 2.45) is 17.4 Å². The highest BCUT2D eigenvalue weighted by atomic mass is 35.5. The highest BCUT2D eigenvalue weighted by Gasteiger charge is 2.25. The van der Waals surface area contributed by atoms with E-state index in [0.29, 0.717) is 34.1 Å². The lowest BCUT2D eigenvalue weighted by atomic mass is 9.95. The SMILES string of the molecule is C[C@H](N)CCCc1cc(Cl)c(F)c(-c2cc3cn(-c4ccc([C@H]5CC[C@H](CCSC(=N)N)C5)cc4)c(=O)nc3[nH]2)c1. The van der Waals surface area contributed by atoms with Gasteiger partial charge < -0.3 is 16.5 Å². The van der Waals surface area contributed by atoms with Crippen LogP contribution in [-0.4, -0.2) is 31.5 Å². The van der Waals surface area contributed by atoms with Crippen molar-refractivity contribution in [3.63, 3.8) is 0 Å². The van der Waals surface area contributed by atoms with Gasteiger partial charge in [-0.05, 0) is 105 Å². The van der Waals surface area contributed by atoms with E-state index in [1.54, 1.807) is 24.4 Å². The number of hydrogen-bond acceptors (Lipinski definition) is 5. The van der Waals surface area contributed by atoms with Gasteiger partial charge in [-0.2, -0.15) is 4.98 Å². The second-order valence-corrected chi connectivity index (χ2v) is 12.7. The van der Waals surface area contributed by atoms with E-state index >= 15 is 4.39 Å². The number of thioether (sulfide) groups is 1. The first kappa shape index (κ1) is 29.4. The zero-order chi connectivity index (χ0) is 29.1. The largest absolute Gasteiger partial charge is 0.379 e. The van der Waals surface area contributed by atoms with E-state index in [4.69, 9.17) is 28.5 Å². The van der Waals surface area contributed by atoms with Crippen LogP contribution in [0.3, 0.4) is 0 Å². The molecule has 10 heteroatoms. The predicted octanol–water partition coefficient (Wildman–Crippen LogP) is 6.74. The first-order valence-corrected chi connectivity index (χ1v) is 15.5. The van der Waals surface area contributed by atoms with Gasteiger partial charge in [-0.1, -0.05) is 35.5 Å². The number of aromatic amines is 1. The predicted molar refractivity (Wildman–Crippen MR) is 168 cm³/mol. The van der Waals surface area contributed by atoms with Gasteiger partial charge in [0.2, 0.25) is 0 Å². The van der Waals surface area contributed by atoms with Crippen LogP contribution in [0.5, 0.6) is 0 Å². The molecule has 41 heavy (non-hydrogen) atoms. The number of fused-ring (bicyclic) bond motifs is 1. The standard InChI is InChI=1S/C31H36ClFN6OS/c1-18(34)3-2-4-20-14-25(28(33)26(32)15-20)27-16-23-17-39(31(40)38-29(23)37-27)24-9-7-21(8-10-24)22-6-5-19(13-22)11-12-41-30(35)36/h7-10,14-19,22H,2-6,11-13,34H2,1H3,(H3,35,36)(H,37,38,40)/t18-,19+,22-/m0/s1. The van der Waals surface area contributed by atoms with Crippen molar-refractivity contribution in [1.82, 2.24) is 14.5 Å². The number of aromatic nitrogens is 3. The minimum absolute atomic E-state index is 0.0631. The van der Waals surface area contributed by atoms with E-state index in [9.17, 15) is 4.79 Å².